The molecule has 0 saturated heterocycles. The lowest BCUT2D eigenvalue weighted by Gasteiger charge is -2.15. The molecule has 0 atom stereocenters. The summed E-state index contributed by atoms with van der Waals surface area (Å²) in [5.74, 6) is 1.28. The van der Waals surface area contributed by atoms with Crippen LogP contribution in [0.15, 0.2) is 48.8 Å². The van der Waals surface area contributed by atoms with Gasteiger partial charge in [0, 0.05) is 35.1 Å². The summed E-state index contributed by atoms with van der Waals surface area (Å²) in [6.07, 6.45) is 3.48. The quantitative estimate of drug-likeness (QED) is 0.490. The number of nitriles is 1. The van der Waals surface area contributed by atoms with Crippen molar-refractivity contribution in [2.45, 2.75) is 13.8 Å². The van der Waals surface area contributed by atoms with Gasteiger partial charge in [0.15, 0.2) is 11.5 Å². The number of pyridine rings is 1. The van der Waals surface area contributed by atoms with Crippen LogP contribution >= 0.6 is 0 Å². The average Bonchev–Trinajstić information content (AvgIpc) is 3.17. The summed E-state index contributed by atoms with van der Waals surface area (Å²) >= 11 is 0. The highest BCUT2D eigenvalue weighted by Gasteiger charge is 2.15. The van der Waals surface area contributed by atoms with Gasteiger partial charge in [-0.25, -0.2) is 0 Å². The smallest absolute Gasteiger partial charge is 0.163 e. The van der Waals surface area contributed by atoms with E-state index in [9.17, 15) is 5.26 Å². The van der Waals surface area contributed by atoms with Gasteiger partial charge in [0.25, 0.3) is 0 Å². The van der Waals surface area contributed by atoms with Crippen LogP contribution < -0.4 is 14.8 Å². The molecule has 0 spiro atoms. The Labute approximate surface area is 162 Å². The molecule has 2 aromatic heterocycles. The van der Waals surface area contributed by atoms with Gasteiger partial charge < -0.3 is 19.8 Å². The molecule has 0 aliphatic carbocycles. The molecule has 0 aliphatic rings. The Bertz CT molecular complexity index is 1190. The highest BCUT2D eigenvalue weighted by atomic mass is 16.5. The zero-order valence-electron chi connectivity index (χ0n) is 15.7. The molecule has 2 N–H and O–H groups in total. The minimum atomic E-state index is 0.464. The summed E-state index contributed by atoms with van der Waals surface area (Å²) in [4.78, 5) is 7.64. The summed E-state index contributed by atoms with van der Waals surface area (Å²) in [5, 5.41) is 14.9. The van der Waals surface area contributed by atoms with Crippen LogP contribution in [-0.4, -0.2) is 23.2 Å². The topological polar surface area (TPSA) is 83.0 Å². The highest BCUT2D eigenvalue weighted by molar-refractivity contribution is 5.98. The van der Waals surface area contributed by atoms with Gasteiger partial charge in [0.2, 0.25) is 0 Å². The first-order valence-electron chi connectivity index (χ1n) is 9.20. The van der Waals surface area contributed by atoms with Gasteiger partial charge in [-0.1, -0.05) is 6.07 Å². The van der Waals surface area contributed by atoms with Crippen LogP contribution in [-0.2, 0) is 0 Å². The van der Waals surface area contributed by atoms with Crippen LogP contribution in [0.25, 0.3) is 21.8 Å². The van der Waals surface area contributed by atoms with E-state index in [2.05, 4.69) is 21.4 Å². The fraction of sp³-hybridized carbons (Fsp3) is 0.182. The number of anilines is 2. The third-order valence-corrected chi connectivity index (χ3v) is 4.48. The molecule has 4 rings (SSSR count). The van der Waals surface area contributed by atoms with E-state index in [0.29, 0.717) is 36.0 Å². The Hall–Kier alpha value is -3.72. The van der Waals surface area contributed by atoms with Gasteiger partial charge in [0.05, 0.1) is 30.0 Å². The van der Waals surface area contributed by atoms with Crippen LogP contribution in [0.1, 0.15) is 19.4 Å². The second-order valence-corrected chi connectivity index (χ2v) is 6.25. The van der Waals surface area contributed by atoms with Crippen molar-refractivity contribution >= 4 is 33.2 Å². The molecule has 0 unspecified atom stereocenters. The number of nitrogens with one attached hydrogen (secondary N) is 2. The van der Waals surface area contributed by atoms with E-state index in [1.807, 2.05) is 56.4 Å². The molecule has 28 heavy (non-hydrogen) atoms. The van der Waals surface area contributed by atoms with Crippen molar-refractivity contribution in [1.29, 1.82) is 5.26 Å². The molecule has 0 aliphatic heterocycles. The lowest BCUT2D eigenvalue weighted by atomic mass is 10.1. The minimum absolute atomic E-state index is 0.464. The minimum Gasteiger partial charge on any atom is -0.490 e. The fourth-order valence-corrected chi connectivity index (χ4v) is 3.23. The van der Waals surface area contributed by atoms with E-state index in [4.69, 9.17) is 9.47 Å². The molecule has 0 fully saturated rings. The van der Waals surface area contributed by atoms with Crippen molar-refractivity contribution < 1.29 is 9.47 Å². The van der Waals surface area contributed by atoms with Crippen LogP contribution in [0.5, 0.6) is 11.5 Å². The third-order valence-electron chi connectivity index (χ3n) is 4.48. The first kappa shape index (κ1) is 17.7. The number of H-pyrrole nitrogens is 1. The maximum Gasteiger partial charge on any atom is 0.163 e. The van der Waals surface area contributed by atoms with Gasteiger partial charge in [-0.3, -0.25) is 4.98 Å². The average molecular weight is 372 g/mol. The van der Waals surface area contributed by atoms with Gasteiger partial charge in [0.1, 0.15) is 6.07 Å². The molecule has 0 amide bonds. The summed E-state index contributed by atoms with van der Waals surface area (Å²) in [7, 11) is 0. The number of aromatic nitrogens is 2. The van der Waals surface area contributed by atoms with Crippen molar-refractivity contribution in [3.63, 3.8) is 0 Å². The predicted molar refractivity (Wildman–Crippen MR) is 110 cm³/mol. The highest BCUT2D eigenvalue weighted by Crippen LogP contribution is 2.37. The number of rotatable bonds is 6. The van der Waals surface area contributed by atoms with Crippen LogP contribution in [0.2, 0.25) is 0 Å². The maximum atomic E-state index is 9.61. The van der Waals surface area contributed by atoms with Crippen molar-refractivity contribution in [2.24, 2.45) is 0 Å². The molecule has 2 heterocycles. The molecule has 6 nitrogen and oxygen atoms in total. The van der Waals surface area contributed by atoms with Gasteiger partial charge in [-0.2, -0.15) is 5.26 Å². The number of benzene rings is 2. The standard InChI is InChI=1S/C22H20N4O2/c1-3-27-20-10-17-19(11-21(20)28-4-2)25-13-15(12-23)22(17)26-16-6-5-14-7-8-24-18(14)9-16/h5-11,13,24H,3-4H2,1-2H3,(H,25,26). The second-order valence-electron chi connectivity index (χ2n) is 6.25. The lowest BCUT2D eigenvalue weighted by molar-refractivity contribution is 0.288. The van der Waals surface area contributed by atoms with E-state index in [0.717, 1.165) is 27.5 Å². The van der Waals surface area contributed by atoms with E-state index in [-0.39, 0.29) is 0 Å². The number of nitrogens with zero attached hydrogens (tertiary/aromatic N) is 2. The molecule has 6 heteroatoms. The normalized spacial score (nSPS) is 10.8. The number of fused-ring (bicyclic) bond motifs is 2. The number of hydrogen-bond donors (Lipinski definition) is 2. The van der Waals surface area contributed by atoms with Crippen molar-refractivity contribution in [2.75, 3.05) is 18.5 Å². The van der Waals surface area contributed by atoms with E-state index in [1.165, 1.54) is 0 Å². The van der Waals surface area contributed by atoms with E-state index >= 15 is 0 Å². The number of hydrogen-bond acceptors (Lipinski definition) is 5. The number of aromatic amines is 1. The van der Waals surface area contributed by atoms with Gasteiger partial charge in [-0.15, -0.1) is 0 Å². The van der Waals surface area contributed by atoms with Crippen molar-refractivity contribution in [1.82, 2.24) is 9.97 Å². The molecular formula is C22H20N4O2. The summed E-state index contributed by atoms with van der Waals surface area (Å²) in [6, 6.07) is 14.0. The maximum absolute atomic E-state index is 9.61. The Kier molecular flexibility index (Phi) is 4.73. The van der Waals surface area contributed by atoms with Crippen LogP contribution in [0, 0.1) is 11.3 Å². The van der Waals surface area contributed by atoms with Gasteiger partial charge >= 0.3 is 0 Å². The molecular weight excluding hydrogens is 352 g/mol. The monoisotopic (exact) mass is 372 g/mol. The van der Waals surface area contributed by atoms with Crippen molar-refractivity contribution in [3.05, 3.63) is 54.4 Å². The Morgan fingerprint density at radius 3 is 2.61 bits per heavy atom. The first-order valence-corrected chi connectivity index (χ1v) is 9.20. The van der Waals surface area contributed by atoms with Gasteiger partial charge in [-0.05, 0) is 43.5 Å². The molecule has 4 aromatic rings. The number of ether oxygens (including phenoxy) is 2. The van der Waals surface area contributed by atoms with Crippen molar-refractivity contribution in [3.8, 4) is 17.6 Å². The fourth-order valence-electron chi connectivity index (χ4n) is 3.23. The SMILES string of the molecule is CCOc1cc2ncc(C#N)c(Nc3ccc4cc[nH]c4c3)c2cc1OCC. The molecule has 2 aromatic carbocycles. The van der Waals surface area contributed by atoms with E-state index < -0.39 is 0 Å². The zero-order chi connectivity index (χ0) is 19.5. The Balaban J connectivity index is 1.86. The zero-order valence-corrected chi connectivity index (χ0v) is 15.7. The van der Waals surface area contributed by atoms with E-state index in [1.54, 1.807) is 6.20 Å². The summed E-state index contributed by atoms with van der Waals surface area (Å²) in [6.45, 7) is 4.90. The van der Waals surface area contributed by atoms with Crippen LogP contribution in [0.3, 0.4) is 0 Å². The Morgan fingerprint density at radius 2 is 1.86 bits per heavy atom. The summed E-state index contributed by atoms with van der Waals surface area (Å²) in [5.41, 5.74) is 3.80. The first-order chi connectivity index (χ1) is 13.7. The largest absolute Gasteiger partial charge is 0.490 e. The Morgan fingerprint density at radius 1 is 1.07 bits per heavy atom. The lowest BCUT2D eigenvalue weighted by Crippen LogP contribution is -2.01. The molecule has 0 saturated carbocycles. The van der Waals surface area contributed by atoms with Crippen LogP contribution in [0.4, 0.5) is 11.4 Å². The predicted octanol–water partition coefficient (Wildman–Crippen LogP) is 5.13. The molecule has 140 valence electrons. The summed E-state index contributed by atoms with van der Waals surface area (Å²) < 4.78 is 11.5. The molecule has 0 radical (unpaired) electrons. The third kappa shape index (κ3) is 3.19. The second kappa shape index (κ2) is 7.49. The molecule has 0 bridgehead atoms.